The van der Waals surface area contributed by atoms with Crippen molar-refractivity contribution < 1.29 is 5.11 Å². The summed E-state index contributed by atoms with van der Waals surface area (Å²) in [5, 5.41) is 24.8. The highest BCUT2D eigenvalue weighted by atomic mass is 16.3. The molecular formula is C22H21N5O. The fourth-order valence-corrected chi connectivity index (χ4v) is 3.85. The Balaban J connectivity index is 1.44. The van der Waals surface area contributed by atoms with E-state index in [4.69, 9.17) is 0 Å². The van der Waals surface area contributed by atoms with Crippen LogP contribution in [-0.4, -0.2) is 50.1 Å². The van der Waals surface area contributed by atoms with Gasteiger partial charge in [0.25, 0.3) is 0 Å². The molecule has 140 valence electrons. The Labute approximate surface area is 163 Å². The molecule has 0 saturated carbocycles. The van der Waals surface area contributed by atoms with Gasteiger partial charge in [-0.05, 0) is 54.6 Å². The minimum atomic E-state index is 0.203. The minimum Gasteiger partial charge on any atom is -0.507 e. The van der Waals surface area contributed by atoms with Crippen molar-refractivity contribution in [1.29, 1.82) is 0 Å². The number of hydrogen-bond acceptors (Lipinski definition) is 5. The monoisotopic (exact) mass is 371 g/mol. The van der Waals surface area contributed by atoms with Crippen LogP contribution >= 0.6 is 0 Å². The highest BCUT2D eigenvalue weighted by Crippen LogP contribution is 2.34. The Morgan fingerprint density at radius 3 is 2.43 bits per heavy atom. The largest absolute Gasteiger partial charge is 0.507 e. The van der Waals surface area contributed by atoms with Gasteiger partial charge in [-0.1, -0.05) is 12.1 Å². The fraction of sp³-hybridized carbons (Fsp3) is 0.227. The predicted octanol–water partition coefficient (Wildman–Crippen LogP) is 3.43. The highest BCUT2D eigenvalue weighted by molar-refractivity contribution is 5.85. The van der Waals surface area contributed by atoms with Crippen LogP contribution in [0, 0.1) is 0 Å². The standard InChI is InChI=1S/C22H21N5O/c1-26-11-17(12-26)19-7-8-21(24-23-19)18-5-3-15(10-22(18)28)14-4-6-20-16(9-14)13-27(2)25-20/h3-10,13,17,28H,11-12H2,1-2H3. The summed E-state index contributed by atoms with van der Waals surface area (Å²) in [6.07, 6.45) is 1.99. The molecule has 0 atom stereocenters. The molecule has 1 aliphatic heterocycles. The van der Waals surface area contributed by atoms with Crippen molar-refractivity contribution >= 4 is 10.9 Å². The molecule has 0 unspecified atom stereocenters. The van der Waals surface area contributed by atoms with Crippen molar-refractivity contribution in [3.8, 4) is 28.1 Å². The molecule has 0 bridgehead atoms. The van der Waals surface area contributed by atoms with Gasteiger partial charge in [0.15, 0.2) is 0 Å². The fourth-order valence-electron chi connectivity index (χ4n) is 3.85. The van der Waals surface area contributed by atoms with Crippen LogP contribution in [0.25, 0.3) is 33.3 Å². The van der Waals surface area contributed by atoms with Gasteiger partial charge in [-0.2, -0.15) is 15.3 Å². The number of phenols is 1. The lowest BCUT2D eigenvalue weighted by Crippen LogP contribution is -2.42. The number of likely N-dealkylation sites (N-methyl/N-ethyl adjacent to an activating group) is 1. The molecule has 1 saturated heterocycles. The second kappa shape index (κ2) is 6.42. The molecule has 0 amide bonds. The average Bonchev–Trinajstić information content (AvgIpc) is 3.05. The van der Waals surface area contributed by atoms with Crippen LogP contribution in [0.1, 0.15) is 11.6 Å². The number of hydrogen-bond donors (Lipinski definition) is 1. The van der Waals surface area contributed by atoms with Gasteiger partial charge < -0.3 is 10.0 Å². The molecule has 2 aromatic carbocycles. The summed E-state index contributed by atoms with van der Waals surface area (Å²) in [7, 11) is 4.01. The van der Waals surface area contributed by atoms with Gasteiger partial charge in [0, 0.05) is 43.2 Å². The van der Waals surface area contributed by atoms with E-state index in [1.165, 1.54) is 0 Å². The number of rotatable bonds is 3. The van der Waals surface area contributed by atoms with Crippen LogP contribution in [0.4, 0.5) is 0 Å². The van der Waals surface area contributed by atoms with E-state index in [9.17, 15) is 5.11 Å². The van der Waals surface area contributed by atoms with Crippen molar-refractivity contribution in [3.05, 3.63) is 60.4 Å². The summed E-state index contributed by atoms with van der Waals surface area (Å²) in [5.41, 5.74) is 5.34. The number of benzene rings is 2. The maximum atomic E-state index is 10.6. The van der Waals surface area contributed by atoms with E-state index in [0.717, 1.165) is 40.8 Å². The summed E-state index contributed by atoms with van der Waals surface area (Å²) in [5.74, 6) is 0.666. The first kappa shape index (κ1) is 16.9. The molecular weight excluding hydrogens is 350 g/mol. The lowest BCUT2D eigenvalue weighted by molar-refractivity contribution is 0.186. The van der Waals surface area contributed by atoms with Crippen molar-refractivity contribution in [2.45, 2.75) is 5.92 Å². The number of phenolic OH excluding ortho intramolecular Hbond substituents is 1. The SMILES string of the molecule is CN1CC(c2ccc(-c3ccc(-c4ccc5nn(C)cc5c4)cc3O)nn2)C1. The van der Waals surface area contributed by atoms with Gasteiger partial charge in [0.05, 0.1) is 16.9 Å². The van der Waals surface area contributed by atoms with E-state index in [2.05, 4.69) is 33.3 Å². The van der Waals surface area contributed by atoms with Gasteiger partial charge in [0.1, 0.15) is 5.75 Å². The Kier molecular flexibility index (Phi) is 3.87. The molecule has 5 rings (SSSR count). The van der Waals surface area contributed by atoms with Crippen LogP contribution in [0.3, 0.4) is 0 Å². The third-order valence-electron chi connectivity index (χ3n) is 5.39. The predicted molar refractivity (Wildman–Crippen MR) is 109 cm³/mol. The maximum Gasteiger partial charge on any atom is 0.125 e. The topological polar surface area (TPSA) is 67.1 Å². The lowest BCUT2D eigenvalue weighted by atomic mass is 9.96. The summed E-state index contributed by atoms with van der Waals surface area (Å²) < 4.78 is 1.80. The Hall–Kier alpha value is -3.25. The van der Waals surface area contributed by atoms with Gasteiger partial charge in [-0.3, -0.25) is 4.68 Å². The van der Waals surface area contributed by atoms with Crippen LogP contribution in [0.2, 0.25) is 0 Å². The molecule has 0 spiro atoms. The van der Waals surface area contributed by atoms with Gasteiger partial charge in [-0.25, -0.2) is 0 Å². The van der Waals surface area contributed by atoms with Crippen LogP contribution in [-0.2, 0) is 7.05 Å². The highest BCUT2D eigenvalue weighted by Gasteiger charge is 2.26. The second-order valence-electron chi connectivity index (χ2n) is 7.57. The molecule has 3 heterocycles. The third kappa shape index (κ3) is 2.92. The van der Waals surface area contributed by atoms with Crippen LogP contribution in [0.15, 0.2) is 54.7 Å². The summed E-state index contributed by atoms with van der Waals surface area (Å²) >= 11 is 0. The zero-order valence-electron chi connectivity index (χ0n) is 15.9. The minimum absolute atomic E-state index is 0.203. The summed E-state index contributed by atoms with van der Waals surface area (Å²) in [4.78, 5) is 2.26. The third-order valence-corrected chi connectivity index (χ3v) is 5.39. The van der Waals surface area contributed by atoms with E-state index in [1.807, 2.05) is 49.6 Å². The molecule has 4 aromatic rings. The van der Waals surface area contributed by atoms with Crippen LogP contribution in [0.5, 0.6) is 5.75 Å². The molecule has 0 aliphatic carbocycles. The normalized spacial score (nSPS) is 15.1. The first-order valence-corrected chi connectivity index (χ1v) is 9.36. The van der Waals surface area contributed by atoms with E-state index in [0.29, 0.717) is 17.2 Å². The molecule has 1 aliphatic rings. The molecule has 6 heteroatoms. The number of nitrogens with zero attached hydrogens (tertiary/aromatic N) is 5. The first-order chi connectivity index (χ1) is 13.6. The van der Waals surface area contributed by atoms with Crippen molar-refractivity contribution in [2.75, 3.05) is 20.1 Å². The molecule has 6 nitrogen and oxygen atoms in total. The molecule has 0 radical (unpaired) electrons. The molecule has 2 aromatic heterocycles. The zero-order chi connectivity index (χ0) is 19.3. The van der Waals surface area contributed by atoms with Crippen molar-refractivity contribution in [2.24, 2.45) is 7.05 Å². The van der Waals surface area contributed by atoms with E-state index < -0.39 is 0 Å². The average molecular weight is 371 g/mol. The first-order valence-electron chi connectivity index (χ1n) is 9.36. The zero-order valence-corrected chi connectivity index (χ0v) is 15.9. The number of fused-ring (bicyclic) bond motifs is 1. The number of aromatic hydroxyl groups is 1. The van der Waals surface area contributed by atoms with Gasteiger partial charge in [-0.15, -0.1) is 0 Å². The second-order valence-corrected chi connectivity index (χ2v) is 7.57. The van der Waals surface area contributed by atoms with Crippen LogP contribution < -0.4 is 0 Å². The lowest BCUT2D eigenvalue weighted by Gasteiger charge is -2.35. The van der Waals surface area contributed by atoms with E-state index in [1.54, 1.807) is 10.7 Å². The summed E-state index contributed by atoms with van der Waals surface area (Å²) in [6.45, 7) is 2.05. The van der Waals surface area contributed by atoms with Crippen molar-refractivity contribution in [3.63, 3.8) is 0 Å². The Morgan fingerprint density at radius 2 is 1.71 bits per heavy atom. The number of aryl methyl sites for hydroxylation is 1. The maximum absolute atomic E-state index is 10.6. The number of likely N-dealkylation sites (tertiary alicyclic amines) is 1. The molecule has 28 heavy (non-hydrogen) atoms. The Bertz CT molecular complexity index is 1160. The quantitative estimate of drug-likeness (QED) is 0.598. The van der Waals surface area contributed by atoms with Gasteiger partial charge in [0.2, 0.25) is 0 Å². The van der Waals surface area contributed by atoms with E-state index >= 15 is 0 Å². The van der Waals surface area contributed by atoms with E-state index in [-0.39, 0.29) is 5.75 Å². The Morgan fingerprint density at radius 1 is 0.929 bits per heavy atom. The smallest absolute Gasteiger partial charge is 0.125 e. The molecule has 1 N–H and O–H groups in total. The van der Waals surface area contributed by atoms with Crippen molar-refractivity contribution in [1.82, 2.24) is 24.9 Å². The summed E-state index contributed by atoms with van der Waals surface area (Å²) in [6, 6.07) is 15.7. The molecule has 1 fully saturated rings. The number of aromatic nitrogens is 4. The van der Waals surface area contributed by atoms with Gasteiger partial charge >= 0.3 is 0 Å².